The van der Waals surface area contributed by atoms with Crippen LogP contribution in [0.5, 0.6) is 5.75 Å². The first-order chi connectivity index (χ1) is 15.0. The number of H-pyrrole nitrogens is 1. The predicted octanol–water partition coefficient (Wildman–Crippen LogP) is 5.07. The first-order valence-electron chi connectivity index (χ1n) is 9.52. The number of rotatable bonds is 7. The van der Waals surface area contributed by atoms with Crippen molar-refractivity contribution in [2.45, 2.75) is 13.0 Å². The summed E-state index contributed by atoms with van der Waals surface area (Å²) in [6.07, 6.45) is 1.38. The first kappa shape index (κ1) is 20.3. The predicted molar refractivity (Wildman–Crippen MR) is 114 cm³/mol. The molecule has 2 aromatic heterocycles. The number of aromatic amines is 1. The van der Waals surface area contributed by atoms with Crippen molar-refractivity contribution in [3.05, 3.63) is 78.1 Å². The second-order valence-electron chi connectivity index (χ2n) is 6.84. The van der Waals surface area contributed by atoms with Crippen LogP contribution in [-0.4, -0.2) is 27.3 Å². The molecule has 0 saturated heterocycles. The van der Waals surface area contributed by atoms with Crippen LogP contribution in [0.3, 0.4) is 0 Å². The maximum atomic E-state index is 14.0. The van der Waals surface area contributed by atoms with Gasteiger partial charge in [-0.3, -0.25) is 5.10 Å². The van der Waals surface area contributed by atoms with Crippen LogP contribution in [0.1, 0.15) is 18.5 Å². The van der Waals surface area contributed by atoms with Gasteiger partial charge in [0.05, 0.1) is 18.8 Å². The number of nitrogens with one attached hydrogen (secondary N) is 3. The van der Waals surface area contributed by atoms with Gasteiger partial charge in [-0.25, -0.2) is 18.7 Å². The van der Waals surface area contributed by atoms with Crippen LogP contribution in [-0.2, 0) is 0 Å². The standard InChI is InChI=1S/C22H20F2N6O/c1-13(17-7-6-15(23)9-18(17)24)27-20-11-21(26-12-25-20)28-22-10-19(29-30-22)14-4-3-5-16(8-14)31-2/h3-13H,1-2H3,(H3,25,26,27,28,29,30). The fraction of sp³-hybridized carbons (Fsp3) is 0.136. The zero-order valence-electron chi connectivity index (χ0n) is 16.9. The van der Waals surface area contributed by atoms with Gasteiger partial charge in [-0.15, -0.1) is 0 Å². The Labute approximate surface area is 177 Å². The fourth-order valence-corrected chi connectivity index (χ4v) is 3.11. The lowest BCUT2D eigenvalue weighted by Crippen LogP contribution is -2.10. The van der Waals surface area contributed by atoms with Crippen molar-refractivity contribution in [1.29, 1.82) is 0 Å². The zero-order chi connectivity index (χ0) is 21.8. The molecule has 0 radical (unpaired) electrons. The summed E-state index contributed by atoms with van der Waals surface area (Å²) in [5.41, 5.74) is 2.08. The molecule has 2 aromatic carbocycles. The minimum atomic E-state index is -0.617. The molecular weight excluding hydrogens is 402 g/mol. The van der Waals surface area contributed by atoms with E-state index in [1.54, 1.807) is 20.1 Å². The highest BCUT2D eigenvalue weighted by Gasteiger charge is 2.13. The van der Waals surface area contributed by atoms with Gasteiger partial charge < -0.3 is 15.4 Å². The summed E-state index contributed by atoms with van der Waals surface area (Å²) in [5.74, 6) is 1.08. The van der Waals surface area contributed by atoms with Gasteiger partial charge in [-0.1, -0.05) is 18.2 Å². The van der Waals surface area contributed by atoms with E-state index in [1.807, 2.05) is 30.3 Å². The van der Waals surface area contributed by atoms with E-state index in [0.29, 0.717) is 23.0 Å². The van der Waals surface area contributed by atoms with Crippen molar-refractivity contribution >= 4 is 17.5 Å². The second-order valence-corrected chi connectivity index (χ2v) is 6.84. The summed E-state index contributed by atoms with van der Waals surface area (Å²) in [4.78, 5) is 8.36. The Hall–Kier alpha value is -4.01. The van der Waals surface area contributed by atoms with Crippen LogP contribution in [0.15, 0.2) is 60.9 Å². The third-order valence-corrected chi connectivity index (χ3v) is 4.68. The molecule has 1 atom stereocenters. The third-order valence-electron chi connectivity index (χ3n) is 4.68. The Balaban J connectivity index is 1.47. The van der Waals surface area contributed by atoms with Crippen LogP contribution in [0.4, 0.5) is 26.2 Å². The molecule has 4 aromatic rings. The summed E-state index contributed by atoms with van der Waals surface area (Å²) in [6, 6.07) is 14.2. The van der Waals surface area contributed by atoms with Gasteiger partial charge in [0.2, 0.25) is 0 Å². The number of aromatic nitrogens is 4. The quantitative estimate of drug-likeness (QED) is 0.385. The molecule has 0 spiro atoms. The summed E-state index contributed by atoms with van der Waals surface area (Å²) in [5, 5.41) is 13.4. The highest BCUT2D eigenvalue weighted by Crippen LogP contribution is 2.26. The molecule has 3 N–H and O–H groups in total. The molecule has 0 aliphatic carbocycles. The molecule has 158 valence electrons. The van der Waals surface area contributed by atoms with Crippen molar-refractivity contribution in [2.24, 2.45) is 0 Å². The molecule has 9 heteroatoms. The number of halogens is 2. The van der Waals surface area contributed by atoms with Crippen molar-refractivity contribution in [1.82, 2.24) is 20.2 Å². The molecular formula is C22H20F2N6O. The van der Waals surface area contributed by atoms with Crippen LogP contribution < -0.4 is 15.4 Å². The Morgan fingerprint density at radius 3 is 2.61 bits per heavy atom. The van der Waals surface area contributed by atoms with Crippen LogP contribution >= 0.6 is 0 Å². The van der Waals surface area contributed by atoms with Gasteiger partial charge in [0, 0.05) is 29.3 Å². The second kappa shape index (κ2) is 8.78. The number of anilines is 3. The topological polar surface area (TPSA) is 87.8 Å². The Bertz CT molecular complexity index is 1200. The largest absolute Gasteiger partial charge is 0.497 e. The lowest BCUT2D eigenvalue weighted by molar-refractivity contribution is 0.415. The highest BCUT2D eigenvalue weighted by atomic mass is 19.1. The molecule has 2 heterocycles. The van der Waals surface area contributed by atoms with Gasteiger partial charge >= 0.3 is 0 Å². The molecule has 1 unspecified atom stereocenters. The average Bonchev–Trinajstić information content (AvgIpc) is 3.22. The fourth-order valence-electron chi connectivity index (χ4n) is 3.11. The van der Waals surface area contributed by atoms with E-state index in [4.69, 9.17) is 4.74 Å². The van der Waals surface area contributed by atoms with Gasteiger partial charge in [0.25, 0.3) is 0 Å². The monoisotopic (exact) mass is 422 g/mol. The summed E-state index contributed by atoms with van der Waals surface area (Å²) in [7, 11) is 1.62. The molecule has 0 bridgehead atoms. The smallest absolute Gasteiger partial charge is 0.153 e. The van der Waals surface area contributed by atoms with E-state index in [2.05, 4.69) is 30.8 Å². The van der Waals surface area contributed by atoms with Gasteiger partial charge in [-0.2, -0.15) is 5.10 Å². The number of benzene rings is 2. The van der Waals surface area contributed by atoms with E-state index in [1.165, 1.54) is 18.5 Å². The Morgan fingerprint density at radius 2 is 1.81 bits per heavy atom. The van der Waals surface area contributed by atoms with Gasteiger partial charge in [-0.05, 0) is 25.1 Å². The average molecular weight is 422 g/mol. The summed E-state index contributed by atoms with van der Waals surface area (Å²) >= 11 is 0. The maximum absolute atomic E-state index is 14.0. The van der Waals surface area contributed by atoms with Gasteiger partial charge in [0.1, 0.15) is 35.3 Å². The van der Waals surface area contributed by atoms with Crippen molar-refractivity contribution < 1.29 is 13.5 Å². The van der Waals surface area contributed by atoms with Gasteiger partial charge in [0.15, 0.2) is 5.82 Å². The first-order valence-corrected chi connectivity index (χ1v) is 9.52. The van der Waals surface area contributed by atoms with Crippen molar-refractivity contribution in [2.75, 3.05) is 17.7 Å². The lowest BCUT2D eigenvalue weighted by Gasteiger charge is -2.16. The van der Waals surface area contributed by atoms with Crippen LogP contribution in [0.25, 0.3) is 11.3 Å². The SMILES string of the molecule is COc1cccc(-c2cc(Nc3cc(NC(C)c4ccc(F)cc4F)ncn3)n[nH]2)c1. The van der Waals surface area contributed by atoms with E-state index in [0.717, 1.165) is 23.1 Å². The number of nitrogens with zero attached hydrogens (tertiary/aromatic N) is 3. The molecule has 4 rings (SSSR count). The van der Waals surface area contributed by atoms with E-state index < -0.39 is 17.7 Å². The van der Waals surface area contributed by atoms with Crippen molar-refractivity contribution in [3.8, 4) is 17.0 Å². The Morgan fingerprint density at radius 1 is 0.968 bits per heavy atom. The van der Waals surface area contributed by atoms with E-state index in [-0.39, 0.29) is 0 Å². The molecule has 0 fully saturated rings. The van der Waals surface area contributed by atoms with Crippen LogP contribution in [0, 0.1) is 11.6 Å². The molecule has 31 heavy (non-hydrogen) atoms. The minimum Gasteiger partial charge on any atom is -0.497 e. The number of hydrogen-bond donors (Lipinski definition) is 3. The molecule has 0 amide bonds. The van der Waals surface area contributed by atoms with E-state index in [9.17, 15) is 8.78 Å². The van der Waals surface area contributed by atoms with Crippen molar-refractivity contribution in [3.63, 3.8) is 0 Å². The van der Waals surface area contributed by atoms with E-state index >= 15 is 0 Å². The molecule has 0 aliphatic heterocycles. The summed E-state index contributed by atoms with van der Waals surface area (Å²) < 4.78 is 32.4. The molecule has 7 nitrogen and oxygen atoms in total. The summed E-state index contributed by atoms with van der Waals surface area (Å²) in [6.45, 7) is 1.76. The maximum Gasteiger partial charge on any atom is 0.153 e. The number of hydrogen-bond acceptors (Lipinski definition) is 6. The molecule has 0 saturated carbocycles. The Kier molecular flexibility index (Phi) is 5.74. The van der Waals surface area contributed by atoms with Crippen LogP contribution in [0.2, 0.25) is 0 Å². The lowest BCUT2D eigenvalue weighted by atomic mass is 10.1. The molecule has 0 aliphatic rings. The zero-order valence-corrected chi connectivity index (χ0v) is 16.9. The highest BCUT2D eigenvalue weighted by molar-refractivity contribution is 5.66. The third kappa shape index (κ3) is 4.77. The number of ether oxygens (including phenoxy) is 1. The normalized spacial score (nSPS) is 11.7. The number of methoxy groups -OCH3 is 1. The minimum absolute atomic E-state index is 0.338.